The van der Waals surface area contributed by atoms with Gasteiger partial charge in [0.15, 0.2) is 0 Å². The third-order valence-electron chi connectivity index (χ3n) is 3.18. The molecule has 132 valence electrons. The predicted octanol–water partition coefficient (Wildman–Crippen LogP) is 2.86. The lowest BCUT2D eigenvalue weighted by molar-refractivity contribution is 0.483. The van der Waals surface area contributed by atoms with Crippen molar-refractivity contribution in [3.05, 3.63) is 55.1 Å². The Balaban J connectivity index is 2.07. The van der Waals surface area contributed by atoms with Crippen LogP contribution in [-0.2, 0) is 10.1 Å². The first kappa shape index (κ1) is 17.4. The summed E-state index contributed by atoms with van der Waals surface area (Å²) in [7, 11) is -4.52. The third-order valence-corrected chi connectivity index (χ3v) is 4.08. The summed E-state index contributed by atoms with van der Waals surface area (Å²) in [6.07, 6.45) is 2.58. The molecule has 2 aromatic carbocycles. The van der Waals surface area contributed by atoms with Crippen LogP contribution in [0.1, 0.15) is 0 Å². The van der Waals surface area contributed by atoms with E-state index in [4.69, 9.17) is 5.73 Å². The molecule has 0 unspecified atom stereocenters. The Hall–Kier alpha value is -3.44. The molecule has 0 spiro atoms. The van der Waals surface area contributed by atoms with Crippen LogP contribution in [0.4, 0.5) is 28.7 Å². The van der Waals surface area contributed by atoms with E-state index in [0.29, 0.717) is 11.4 Å². The van der Waals surface area contributed by atoms with Gasteiger partial charge in [-0.2, -0.15) is 13.5 Å². The Morgan fingerprint density at radius 3 is 2.38 bits per heavy atom. The van der Waals surface area contributed by atoms with Crippen molar-refractivity contribution in [3.63, 3.8) is 0 Å². The van der Waals surface area contributed by atoms with E-state index in [1.165, 1.54) is 18.7 Å². The second kappa shape index (κ2) is 7.21. The zero-order valence-corrected chi connectivity index (χ0v) is 14.0. The van der Waals surface area contributed by atoms with E-state index in [1.807, 2.05) is 6.07 Å². The summed E-state index contributed by atoms with van der Waals surface area (Å²) < 4.78 is 32.3. The zero-order valence-electron chi connectivity index (χ0n) is 13.2. The van der Waals surface area contributed by atoms with Gasteiger partial charge in [-0.25, -0.2) is 15.0 Å². The van der Waals surface area contributed by atoms with Crippen LogP contribution in [0.5, 0.6) is 0 Å². The van der Waals surface area contributed by atoms with Gasteiger partial charge >= 0.3 is 0 Å². The van der Waals surface area contributed by atoms with Gasteiger partial charge in [-0.1, -0.05) is 18.2 Å². The molecule has 1 heterocycles. The number of nitrogen functional groups attached to an aromatic ring is 1. The summed E-state index contributed by atoms with van der Waals surface area (Å²) in [5, 5.41) is 11.0. The van der Waals surface area contributed by atoms with Crippen molar-refractivity contribution in [2.75, 3.05) is 11.1 Å². The van der Waals surface area contributed by atoms with Crippen LogP contribution >= 0.6 is 0 Å². The number of nitrogens with zero attached hydrogens (tertiary/aromatic N) is 5. The van der Waals surface area contributed by atoms with Crippen molar-refractivity contribution in [3.8, 4) is 0 Å². The second-order valence-electron chi connectivity index (χ2n) is 5.00. The van der Waals surface area contributed by atoms with E-state index < -0.39 is 15.0 Å². The largest absolute Gasteiger partial charge is 0.398 e. The maximum Gasteiger partial charge on any atom is 0.296 e. The number of benzene rings is 2. The highest BCUT2D eigenvalue weighted by molar-refractivity contribution is 7.86. The summed E-state index contributed by atoms with van der Waals surface area (Å²) in [6.45, 7) is 0. The number of azo groups is 1. The molecule has 11 heteroatoms. The van der Waals surface area contributed by atoms with Crippen LogP contribution in [0.2, 0.25) is 0 Å². The lowest BCUT2D eigenvalue weighted by Gasteiger charge is -2.10. The molecular weight excluding hydrogens is 358 g/mol. The maximum absolute atomic E-state index is 11.5. The monoisotopic (exact) mass is 371 g/mol. The van der Waals surface area contributed by atoms with Crippen LogP contribution in [0, 0.1) is 0 Å². The van der Waals surface area contributed by atoms with Crippen molar-refractivity contribution in [2.45, 2.75) is 4.90 Å². The lowest BCUT2D eigenvalue weighted by Crippen LogP contribution is -2.05. The summed E-state index contributed by atoms with van der Waals surface area (Å²) in [6, 6.07) is 11.3. The number of aromatic nitrogens is 3. The topological polar surface area (TPSA) is 156 Å². The molecule has 10 nitrogen and oxygen atoms in total. The number of nitrogens with one attached hydrogen (secondary N) is 1. The van der Waals surface area contributed by atoms with Gasteiger partial charge in [-0.05, 0) is 24.3 Å². The highest BCUT2D eigenvalue weighted by Crippen LogP contribution is 2.35. The molecule has 3 aromatic rings. The fraction of sp³-hybridized carbons (Fsp3) is 0. The first-order valence-electron chi connectivity index (χ1n) is 7.20. The Bertz CT molecular complexity index is 1040. The summed E-state index contributed by atoms with van der Waals surface area (Å²) in [4.78, 5) is 11.1. The Morgan fingerprint density at radius 2 is 1.73 bits per heavy atom. The molecule has 0 atom stereocenters. The minimum Gasteiger partial charge on any atom is -0.398 e. The lowest BCUT2D eigenvalue weighted by atomic mass is 10.2. The molecule has 0 saturated heterocycles. The first-order valence-corrected chi connectivity index (χ1v) is 8.64. The molecule has 0 aliphatic heterocycles. The van der Waals surface area contributed by atoms with Gasteiger partial charge < -0.3 is 11.1 Å². The Morgan fingerprint density at radius 1 is 1.04 bits per heavy atom. The smallest absolute Gasteiger partial charge is 0.296 e. The molecule has 26 heavy (non-hydrogen) atoms. The van der Waals surface area contributed by atoms with Crippen LogP contribution < -0.4 is 11.1 Å². The molecule has 0 radical (unpaired) electrons. The summed E-state index contributed by atoms with van der Waals surface area (Å²) in [5.41, 5.74) is 6.56. The molecule has 0 aliphatic rings. The minimum atomic E-state index is -4.52. The van der Waals surface area contributed by atoms with Gasteiger partial charge in [-0.15, -0.1) is 5.11 Å². The number of anilines is 3. The van der Waals surface area contributed by atoms with Gasteiger partial charge in [0, 0.05) is 0 Å². The van der Waals surface area contributed by atoms with Crippen molar-refractivity contribution >= 4 is 38.8 Å². The van der Waals surface area contributed by atoms with Gasteiger partial charge in [0.05, 0.1) is 17.1 Å². The quantitative estimate of drug-likeness (QED) is 0.351. The van der Waals surface area contributed by atoms with E-state index >= 15 is 0 Å². The van der Waals surface area contributed by atoms with Crippen LogP contribution in [-0.4, -0.2) is 27.9 Å². The van der Waals surface area contributed by atoms with Gasteiger partial charge in [0.25, 0.3) is 10.1 Å². The van der Waals surface area contributed by atoms with Gasteiger partial charge in [0.2, 0.25) is 5.95 Å². The highest BCUT2D eigenvalue weighted by atomic mass is 32.2. The average Bonchev–Trinajstić information content (AvgIpc) is 2.62. The van der Waals surface area contributed by atoms with E-state index in [2.05, 4.69) is 30.5 Å². The minimum absolute atomic E-state index is 0.121. The zero-order chi connectivity index (χ0) is 18.6. The molecule has 0 fully saturated rings. The Kier molecular flexibility index (Phi) is 4.82. The first-order chi connectivity index (χ1) is 12.4. The number of nitrogens with two attached hydrogens (primary N) is 1. The van der Waals surface area contributed by atoms with Crippen molar-refractivity contribution < 1.29 is 13.0 Å². The van der Waals surface area contributed by atoms with E-state index in [1.54, 1.807) is 24.3 Å². The molecule has 0 saturated carbocycles. The fourth-order valence-electron chi connectivity index (χ4n) is 2.02. The third kappa shape index (κ3) is 4.15. The molecular formula is C15H13N7O3S. The highest BCUT2D eigenvalue weighted by Gasteiger charge is 2.18. The SMILES string of the molecule is Nc1cc(Nc2ncncn2)c(N=Nc2ccccc2)cc1S(=O)(=O)O. The van der Waals surface area contributed by atoms with Crippen molar-refractivity contribution in [2.24, 2.45) is 10.2 Å². The van der Waals surface area contributed by atoms with Gasteiger partial charge in [-0.3, -0.25) is 4.55 Å². The maximum atomic E-state index is 11.5. The van der Waals surface area contributed by atoms with Crippen molar-refractivity contribution in [1.82, 2.24) is 15.0 Å². The molecule has 3 rings (SSSR count). The Labute approximate surface area is 148 Å². The van der Waals surface area contributed by atoms with E-state index in [0.717, 1.165) is 6.07 Å². The normalized spacial score (nSPS) is 11.6. The predicted molar refractivity (Wildman–Crippen MR) is 94.4 cm³/mol. The molecule has 0 aliphatic carbocycles. The van der Waals surface area contributed by atoms with Crippen LogP contribution in [0.3, 0.4) is 0 Å². The number of rotatable bonds is 5. The second-order valence-corrected chi connectivity index (χ2v) is 6.39. The number of hydrogen-bond donors (Lipinski definition) is 3. The summed E-state index contributed by atoms with van der Waals surface area (Å²) in [5.74, 6) is 0.204. The van der Waals surface area contributed by atoms with E-state index in [-0.39, 0.29) is 17.3 Å². The standard InChI is InChI=1S/C15H13N7O3S/c16-11-6-12(20-15-18-8-17-9-19-15)13(7-14(11)26(23,24)25)22-21-10-4-2-1-3-5-10/h1-9H,16H2,(H,23,24,25)(H,17,18,19,20). The van der Waals surface area contributed by atoms with Gasteiger partial charge in [0.1, 0.15) is 23.2 Å². The average molecular weight is 371 g/mol. The molecule has 0 amide bonds. The molecule has 1 aromatic heterocycles. The summed E-state index contributed by atoms with van der Waals surface area (Å²) >= 11 is 0. The molecule has 4 N–H and O–H groups in total. The molecule has 0 bridgehead atoms. The van der Waals surface area contributed by atoms with Crippen LogP contribution in [0.25, 0.3) is 0 Å². The fourth-order valence-corrected chi connectivity index (χ4v) is 2.64. The number of hydrogen-bond acceptors (Lipinski definition) is 9. The van der Waals surface area contributed by atoms with Crippen LogP contribution in [0.15, 0.2) is 70.2 Å². The van der Waals surface area contributed by atoms with E-state index in [9.17, 15) is 13.0 Å². The van der Waals surface area contributed by atoms with Crippen molar-refractivity contribution in [1.29, 1.82) is 0 Å².